The fourth-order valence-corrected chi connectivity index (χ4v) is 1.70. The number of hydrogen-bond acceptors (Lipinski definition) is 5. The molecule has 0 saturated carbocycles. The van der Waals surface area contributed by atoms with E-state index < -0.39 is 0 Å². The summed E-state index contributed by atoms with van der Waals surface area (Å²) in [4.78, 5) is 8.17. The minimum absolute atomic E-state index is 0.0781. The Kier molecular flexibility index (Phi) is 3.64. The quantitative estimate of drug-likeness (QED) is 0.788. The summed E-state index contributed by atoms with van der Waals surface area (Å²) in [6.07, 6.45) is 3.26. The van der Waals surface area contributed by atoms with Crippen molar-refractivity contribution in [2.24, 2.45) is 0 Å². The lowest BCUT2D eigenvalue weighted by molar-refractivity contribution is 0.395. The van der Waals surface area contributed by atoms with Gasteiger partial charge in [-0.3, -0.25) is 0 Å². The van der Waals surface area contributed by atoms with Crippen molar-refractivity contribution >= 4 is 0 Å². The third-order valence-electron chi connectivity index (χ3n) is 2.63. The molecular weight excluding hydrogens is 268 g/mol. The lowest BCUT2D eigenvalue weighted by Gasteiger charge is -2.11. The fourth-order valence-electron chi connectivity index (χ4n) is 1.70. The standard InChI is InChI=1S/C16H12N2O3/c19-12-7-8-13(20-15-5-1-3-9-17-15)14(11-12)21-16-6-2-4-10-18-16/h1-11,19H. The summed E-state index contributed by atoms with van der Waals surface area (Å²) < 4.78 is 11.3. The van der Waals surface area contributed by atoms with Crippen molar-refractivity contribution in [3.8, 4) is 29.0 Å². The molecule has 0 amide bonds. The van der Waals surface area contributed by atoms with Crippen molar-refractivity contribution in [1.29, 1.82) is 0 Å². The fraction of sp³-hybridized carbons (Fsp3) is 0. The minimum Gasteiger partial charge on any atom is -0.508 e. The number of pyridine rings is 2. The van der Waals surface area contributed by atoms with Crippen LogP contribution in [0.5, 0.6) is 29.0 Å². The first-order chi connectivity index (χ1) is 10.3. The van der Waals surface area contributed by atoms with Gasteiger partial charge in [-0.05, 0) is 24.3 Å². The van der Waals surface area contributed by atoms with Crippen molar-refractivity contribution in [2.45, 2.75) is 0 Å². The molecule has 0 unspecified atom stereocenters. The third-order valence-corrected chi connectivity index (χ3v) is 2.63. The Bertz CT molecular complexity index is 718. The van der Waals surface area contributed by atoms with E-state index in [1.165, 1.54) is 12.1 Å². The Balaban J connectivity index is 1.90. The Labute approximate surface area is 121 Å². The van der Waals surface area contributed by atoms with Crippen LogP contribution in [-0.4, -0.2) is 15.1 Å². The molecule has 21 heavy (non-hydrogen) atoms. The van der Waals surface area contributed by atoms with Crippen LogP contribution in [0.15, 0.2) is 67.0 Å². The second-order valence-corrected chi connectivity index (χ2v) is 4.17. The van der Waals surface area contributed by atoms with Crippen LogP contribution in [0.4, 0.5) is 0 Å². The molecule has 0 spiro atoms. The smallest absolute Gasteiger partial charge is 0.219 e. The molecule has 3 rings (SSSR count). The first-order valence-corrected chi connectivity index (χ1v) is 6.32. The van der Waals surface area contributed by atoms with Gasteiger partial charge in [0.25, 0.3) is 0 Å². The van der Waals surface area contributed by atoms with Crippen LogP contribution in [0.3, 0.4) is 0 Å². The van der Waals surface area contributed by atoms with Crippen LogP contribution < -0.4 is 9.47 Å². The first kappa shape index (κ1) is 12.9. The van der Waals surface area contributed by atoms with Gasteiger partial charge in [0.05, 0.1) is 0 Å². The molecule has 0 fully saturated rings. The van der Waals surface area contributed by atoms with Crippen molar-refractivity contribution < 1.29 is 14.6 Å². The van der Waals surface area contributed by atoms with Gasteiger partial charge in [0.15, 0.2) is 11.5 Å². The SMILES string of the molecule is Oc1ccc(Oc2ccccn2)c(Oc2ccccn2)c1. The summed E-state index contributed by atoms with van der Waals surface area (Å²) in [7, 11) is 0. The molecule has 5 heteroatoms. The van der Waals surface area contributed by atoms with Crippen LogP contribution in [0.1, 0.15) is 0 Å². The highest BCUT2D eigenvalue weighted by molar-refractivity contribution is 5.47. The molecule has 0 aliphatic carbocycles. The second-order valence-electron chi connectivity index (χ2n) is 4.17. The van der Waals surface area contributed by atoms with Crippen LogP contribution >= 0.6 is 0 Å². The minimum atomic E-state index is 0.0781. The largest absolute Gasteiger partial charge is 0.508 e. The van der Waals surface area contributed by atoms with E-state index in [9.17, 15) is 5.11 Å². The number of benzene rings is 1. The van der Waals surface area contributed by atoms with E-state index >= 15 is 0 Å². The predicted molar refractivity (Wildman–Crippen MR) is 76.7 cm³/mol. The van der Waals surface area contributed by atoms with Gasteiger partial charge in [0.1, 0.15) is 5.75 Å². The molecule has 0 bridgehead atoms. The van der Waals surface area contributed by atoms with Crippen LogP contribution in [-0.2, 0) is 0 Å². The monoisotopic (exact) mass is 280 g/mol. The molecule has 1 N–H and O–H groups in total. The van der Waals surface area contributed by atoms with Gasteiger partial charge in [-0.2, -0.15) is 0 Å². The Morgan fingerprint density at radius 2 is 1.33 bits per heavy atom. The summed E-state index contributed by atoms with van der Waals surface area (Å²) in [6.45, 7) is 0. The summed E-state index contributed by atoms with van der Waals surface area (Å²) >= 11 is 0. The maximum absolute atomic E-state index is 9.61. The van der Waals surface area contributed by atoms with Gasteiger partial charge in [-0.1, -0.05) is 12.1 Å². The van der Waals surface area contributed by atoms with Gasteiger partial charge >= 0.3 is 0 Å². The van der Waals surface area contributed by atoms with Gasteiger partial charge < -0.3 is 14.6 Å². The van der Waals surface area contributed by atoms with Crippen molar-refractivity contribution in [1.82, 2.24) is 9.97 Å². The number of hydrogen-bond donors (Lipinski definition) is 1. The Morgan fingerprint density at radius 1 is 0.714 bits per heavy atom. The van der Waals surface area contributed by atoms with Gasteiger partial charge in [-0.25, -0.2) is 9.97 Å². The number of aromatic hydroxyl groups is 1. The average molecular weight is 280 g/mol. The number of aromatic nitrogens is 2. The third kappa shape index (κ3) is 3.27. The van der Waals surface area contributed by atoms with E-state index in [2.05, 4.69) is 9.97 Å². The van der Waals surface area contributed by atoms with Crippen LogP contribution in [0.2, 0.25) is 0 Å². The first-order valence-electron chi connectivity index (χ1n) is 6.32. The highest BCUT2D eigenvalue weighted by Crippen LogP contribution is 2.36. The molecule has 1 aromatic carbocycles. The summed E-state index contributed by atoms with van der Waals surface area (Å²) in [5, 5.41) is 9.61. The molecule has 0 radical (unpaired) electrons. The van der Waals surface area contributed by atoms with Crippen molar-refractivity contribution in [2.75, 3.05) is 0 Å². The van der Waals surface area contributed by atoms with E-state index in [-0.39, 0.29) is 5.75 Å². The number of nitrogens with zero attached hydrogens (tertiary/aromatic N) is 2. The summed E-state index contributed by atoms with van der Waals surface area (Å²) in [5.41, 5.74) is 0. The zero-order valence-electron chi connectivity index (χ0n) is 11.0. The van der Waals surface area contributed by atoms with Crippen LogP contribution in [0, 0.1) is 0 Å². The highest BCUT2D eigenvalue weighted by Gasteiger charge is 2.10. The van der Waals surface area contributed by atoms with E-state index in [4.69, 9.17) is 9.47 Å². The van der Waals surface area contributed by atoms with E-state index in [1.807, 2.05) is 12.1 Å². The average Bonchev–Trinajstić information content (AvgIpc) is 2.52. The number of phenols is 1. The molecule has 104 valence electrons. The van der Waals surface area contributed by atoms with Gasteiger partial charge in [-0.15, -0.1) is 0 Å². The Morgan fingerprint density at radius 3 is 1.90 bits per heavy atom. The molecule has 2 aromatic heterocycles. The van der Waals surface area contributed by atoms with Crippen molar-refractivity contribution in [3.63, 3.8) is 0 Å². The van der Waals surface area contributed by atoms with Crippen LogP contribution in [0.25, 0.3) is 0 Å². The molecule has 2 heterocycles. The van der Waals surface area contributed by atoms with Crippen molar-refractivity contribution in [3.05, 3.63) is 67.0 Å². The zero-order valence-corrected chi connectivity index (χ0v) is 11.0. The molecule has 0 saturated heterocycles. The molecule has 0 aliphatic rings. The predicted octanol–water partition coefficient (Wildman–Crippen LogP) is 3.77. The van der Waals surface area contributed by atoms with Gasteiger partial charge in [0.2, 0.25) is 11.8 Å². The lowest BCUT2D eigenvalue weighted by atomic mass is 10.3. The summed E-state index contributed by atoms with van der Waals surface area (Å²) in [6, 6.07) is 15.3. The molecule has 5 nitrogen and oxygen atoms in total. The van der Waals surface area contributed by atoms with E-state index in [0.29, 0.717) is 23.3 Å². The van der Waals surface area contributed by atoms with Gasteiger partial charge in [0, 0.05) is 30.6 Å². The second kappa shape index (κ2) is 5.92. The maximum atomic E-state index is 9.61. The maximum Gasteiger partial charge on any atom is 0.219 e. The molecule has 3 aromatic rings. The normalized spacial score (nSPS) is 10.1. The van der Waals surface area contributed by atoms with E-state index in [0.717, 1.165) is 0 Å². The molecular formula is C16H12N2O3. The molecule has 0 atom stereocenters. The molecule has 0 aliphatic heterocycles. The zero-order chi connectivity index (χ0) is 14.5. The number of phenolic OH excluding ortho intramolecular Hbond substituents is 1. The number of rotatable bonds is 4. The summed E-state index contributed by atoms with van der Waals surface area (Å²) in [5.74, 6) is 1.73. The Hall–Kier alpha value is -3.08. The number of ether oxygens (including phenoxy) is 2. The highest BCUT2D eigenvalue weighted by atomic mass is 16.5. The topological polar surface area (TPSA) is 64.5 Å². The lowest BCUT2D eigenvalue weighted by Crippen LogP contribution is -1.92. The van der Waals surface area contributed by atoms with E-state index in [1.54, 1.807) is 42.7 Å².